The highest BCUT2D eigenvalue weighted by atomic mass is 16.6. The zero-order chi connectivity index (χ0) is 8.06. The summed E-state index contributed by atoms with van der Waals surface area (Å²) in [5, 5.41) is 0. The second kappa shape index (κ2) is 1.71. The van der Waals surface area contributed by atoms with Gasteiger partial charge in [-0.1, -0.05) is 0 Å². The number of imide groups is 1. The van der Waals surface area contributed by atoms with Gasteiger partial charge in [-0.15, -0.1) is 0 Å². The first-order chi connectivity index (χ1) is 5.13. The van der Waals surface area contributed by atoms with Crippen molar-refractivity contribution in [3.8, 4) is 0 Å². The fraction of sp³-hybridized carbons (Fsp3) is 0.429. The first kappa shape index (κ1) is 6.54. The van der Waals surface area contributed by atoms with E-state index < -0.39 is 5.72 Å². The Labute approximate surface area is 63.4 Å². The van der Waals surface area contributed by atoms with E-state index in [1.807, 2.05) is 0 Å². The van der Waals surface area contributed by atoms with Gasteiger partial charge in [0, 0.05) is 12.2 Å². The Morgan fingerprint density at radius 2 is 1.91 bits per heavy atom. The van der Waals surface area contributed by atoms with Crippen molar-refractivity contribution in [3.63, 3.8) is 0 Å². The Morgan fingerprint density at radius 1 is 1.45 bits per heavy atom. The standard InChI is InChI=1S/C7H7NO3/c1-7(4-11-7)8-5(9)2-3-6(8)10/h2-3H,4H2,1H3. The van der Waals surface area contributed by atoms with Crippen LogP contribution in [0.2, 0.25) is 0 Å². The average Bonchev–Trinajstić information content (AvgIpc) is 2.56. The molecular formula is C7H7NO3. The average molecular weight is 153 g/mol. The van der Waals surface area contributed by atoms with E-state index in [1.54, 1.807) is 6.92 Å². The van der Waals surface area contributed by atoms with Gasteiger partial charge in [-0.25, -0.2) is 4.90 Å². The molecule has 0 N–H and O–H groups in total. The van der Waals surface area contributed by atoms with E-state index in [2.05, 4.69) is 0 Å². The maximum Gasteiger partial charge on any atom is 0.256 e. The third-order valence-corrected chi connectivity index (χ3v) is 1.84. The zero-order valence-corrected chi connectivity index (χ0v) is 6.03. The molecule has 0 spiro atoms. The second-order valence-electron chi connectivity index (χ2n) is 2.81. The van der Waals surface area contributed by atoms with Crippen molar-refractivity contribution in [3.05, 3.63) is 12.2 Å². The van der Waals surface area contributed by atoms with E-state index in [4.69, 9.17) is 4.74 Å². The summed E-state index contributed by atoms with van der Waals surface area (Å²) in [4.78, 5) is 23.2. The lowest BCUT2D eigenvalue weighted by molar-refractivity contribution is -0.142. The summed E-state index contributed by atoms with van der Waals surface area (Å²) in [6.07, 6.45) is 2.52. The van der Waals surface area contributed by atoms with Gasteiger partial charge in [-0.3, -0.25) is 9.59 Å². The van der Waals surface area contributed by atoms with Crippen LogP contribution in [0, 0.1) is 0 Å². The van der Waals surface area contributed by atoms with Gasteiger partial charge in [0.1, 0.15) is 0 Å². The molecule has 0 aromatic carbocycles. The van der Waals surface area contributed by atoms with Crippen LogP contribution in [0.1, 0.15) is 6.92 Å². The molecule has 2 heterocycles. The monoisotopic (exact) mass is 153 g/mol. The minimum Gasteiger partial charge on any atom is -0.348 e. The molecular weight excluding hydrogens is 146 g/mol. The van der Waals surface area contributed by atoms with Crippen molar-refractivity contribution in [1.82, 2.24) is 4.90 Å². The molecule has 2 aliphatic heterocycles. The first-order valence-corrected chi connectivity index (χ1v) is 3.34. The molecule has 0 radical (unpaired) electrons. The molecule has 4 heteroatoms. The van der Waals surface area contributed by atoms with Gasteiger partial charge >= 0.3 is 0 Å². The summed E-state index contributed by atoms with van der Waals surface area (Å²) in [6.45, 7) is 2.17. The molecule has 1 atom stereocenters. The van der Waals surface area contributed by atoms with Crippen LogP contribution in [0.5, 0.6) is 0 Å². The molecule has 1 unspecified atom stereocenters. The predicted molar refractivity (Wildman–Crippen MR) is 35.4 cm³/mol. The molecule has 1 fully saturated rings. The number of ether oxygens (including phenoxy) is 1. The van der Waals surface area contributed by atoms with Gasteiger partial charge in [0.2, 0.25) is 0 Å². The number of hydrogen-bond donors (Lipinski definition) is 0. The Kier molecular flexibility index (Phi) is 1.02. The second-order valence-corrected chi connectivity index (χ2v) is 2.81. The van der Waals surface area contributed by atoms with Crippen LogP contribution >= 0.6 is 0 Å². The van der Waals surface area contributed by atoms with Gasteiger partial charge in [0.25, 0.3) is 11.8 Å². The number of carbonyl (C=O) groups excluding carboxylic acids is 2. The van der Waals surface area contributed by atoms with Crippen LogP contribution in [0.15, 0.2) is 12.2 Å². The van der Waals surface area contributed by atoms with Crippen molar-refractivity contribution in [2.45, 2.75) is 12.6 Å². The number of rotatable bonds is 1. The quantitative estimate of drug-likeness (QED) is 0.382. The van der Waals surface area contributed by atoms with Gasteiger partial charge in [-0.2, -0.15) is 0 Å². The van der Waals surface area contributed by atoms with Gasteiger partial charge in [0.05, 0.1) is 6.61 Å². The highest BCUT2D eigenvalue weighted by Gasteiger charge is 2.51. The van der Waals surface area contributed by atoms with Crippen molar-refractivity contribution >= 4 is 11.8 Å². The SMILES string of the molecule is CC1(N2C(=O)C=CC2=O)CO1. The third kappa shape index (κ3) is 0.793. The molecule has 2 aliphatic rings. The van der Waals surface area contributed by atoms with E-state index in [0.717, 1.165) is 4.90 Å². The topological polar surface area (TPSA) is 49.9 Å². The lowest BCUT2D eigenvalue weighted by Crippen LogP contribution is -2.40. The van der Waals surface area contributed by atoms with Crippen LogP contribution in [0.25, 0.3) is 0 Å². The lowest BCUT2D eigenvalue weighted by atomic mass is 10.3. The van der Waals surface area contributed by atoms with Crippen LogP contribution in [-0.2, 0) is 14.3 Å². The molecule has 11 heavy (non-hydrogen) atoms. The number of nitrogens with zero attached hydrogens (tertiary/aromatic N) is 1. The predicted octanol–water partition coefficient (Wildman–Crippen LogP) is -0.342. The Bertz CT molecular complexity index is 247. The third-order valence-electron chi connectivity index (χ3n) is 1.84. The minimum atomic E-state index is -0.655. The van der Waals surface area contributed by atoms with Gasteiger partial charge in [0.15, 0.2) is 5.72 Å². The summed E-state index contributed by atoms with van der Waals surface area (Å²) >= 11 is 0. The summed E-state index contributed by atoms with van der Waals surface area (Å²) in [5.41, 5.74) is -0.655. The molecule has 0 aromatic rings. The van der Waals surface area contributed by atoms with Crippen LogP contribution in [0.3, 0.4) is 0 Å². The summed E-state index contributed by atoms with van der Waals surface area (Å²) < 4.78 is 4.96. The number of epoxide rings is 1. The van der Waals surface area contributed by atoms with Crippen molar-refractivity contribution in [1.29, 1.82) is 0 Å². The molecule has 0 saturated carbocycles. The molecule has 58 valence electrons. The van der Waals surface area contributed by atoms with E-state index in [9.17, 15) is 9.59 Å². The van der Waals surface area contributed by atoms with Crippen molar-refractivity contribution < 1.29 is 14.3 Å². The molecule has 4 nitrogen and oxygen atoms in total. The van der Waals surface area contributed by atoms with Crippen LogP contribution < -0.4 is 0 Å². The number of carbonyl (C=O) groups is 2. The van der Waals surface area contributed by atoms with E-state index >= 15 is 0 Å². The summed E-state index contributed by atoms with van der Waals surface area (Å²) in [7, 11) is 0. The largest absolute Gasteiger partial charge is 0.348 e. The number of hydrogen-bond acceptors (Lipinski definition) is 3. The van der Waals surface area contributed by atoms with Crippen molar-refractivity contribution in [2.24, 2.45) is 0 Å². The van der Waals surface area contributed by atoms with E-state index in [0.29, 0.717) is 6.61 Å². The fourth-order valence-electron chi connectivity index (χ4n) is 1.10. The summed E-state index contributed by atoms with van der Waals surface area (Å²) in [6, 6.07) is 0. The smallest absolute Gasteiger partial charge is 0.256 e. The molecule has 2 amide bonds. The maximum absolute atomic E-state index is 11.0. The molecule has 0 aliphatic carbocycles. The first-order valence-electron chi connectivity index (χ1n) is 3.34. The molecule has 0 bridgehead atoms. The molecule has 2 rings (SSSR count). The minimum absolute atomic E-state index is 0.282. The van der Waals surface area contributed by atoms with Crippen molar-refractivity contribution in [2.75, 3.05) is 6.61 Å². The molecule has 0 aromatic heterocycles. The van der Waals surface area contributed by atoms with Gasteiger partial charge < -0.3 is 4.74 Å². The van der Waals surface area contributed by atoms with Crippen LogP contribution in [-0.4, -0.2) is 29.0 Å². The zero-order valence-electron chi connectivity index (χ0n) is 6.03. The highest BCUT2D eigenvalue weighted by Crippen LogP contribution is 2.32. The molecule has 1 saturated heterocycles. The van der Waals surface area contributed by atoms with Gasteiger partial charge in [-0.05, 0) is 6.92 Å². The van der Waals surface area contributed by atoms with Crippen LogP contribution in [0.4, 0.5) is 0 Å². The van der Waals surface area contributed by atoms with E-state index in [1.165, 1.54) is 12.2 Å². The normalized spacial score (nSPS) is 35.2. The maximum atomic E-state index is 11.0. The number of amides is 2. The Balaban J connectivity index is 2.27. The summed E-state index contributed by atoms with van der Waals surface area (Å²) in [5.74, 6) is -0.565. The lowest BCUT2D eigenvalue weighted by Gasteiger charge is -2.17. The Hall–Kier alpha value is -1.16. The van der Waals surface area contributed by atoms with E-state index in [-0.39, 0.29) is 11.8 Å². The fourth-order valence-corrected chi connectivity index (χ4v) is 1.10. The highest BCUT2D eigenvalue weighted by molar-refractivity contribution is 6.13. The Morgan fingerprint density at radius 3 is 2.27 bits per heavy atom.